The van der Waals surface area contributed by atoms with Crippen LogP contribution < -0.4 is 5.73 Å². The van der Waals surface area contributed by atoms with Crippen molar-refractivity contribution in [2.45, 2.75) is 30.6 Å². The lowest BCUT2D eigenvalue weighted by Crippen LogP contribution is -2.34. The van der Waals surface area contributed by atoms with Gasteiger partial charge in [0, 0.05) is 47.7 Å². The fraction of sp³-hybridized carbons (Fsp3) is 1.00. The van der Waals surface area contributed by atoms with Crippen LogP contribution in [0.15, 0.2) is 0 Å². The second kappa shape index (κ2) is 6.50. The molecule has 0 aliphatic carbocycles. The van der Waals surface area contributed by atoms with E-state index >= 15 is 0 Å². The predicted octanol–water partition coefficient (Wildman–Crippen LogP) is -0.376. The molecule has 0 radical (unpaired) electrons. The Hall–Kier alpha value is 0.0300. The number of rotatable bonds is 5. The molecule has 1 aliphatic heterocycles. The molecule has 0 saturated carbocycles. The highest BCUT2D eigenvalue weighted by atomic mass is 32.2. The molecule has 1 saturated heterocycles. The zero-order valence-corrected chi connectivity index (χ0v) is 9.17. The van der Waals surface area contributed by atoms with Gasteiger partial charge < -0.3 is 15.6 Å². The van der Waals surface area contributed by atoms with Gasteiger partial charge in [-0.2, -0.15) is 0 Å². The highest BCUT2D eigenvalue weighted by Gasteiger charge is 2.21. The summed E-state index contributed by atoms with van der Waals surface area (Å²) < 4.78 is 17.0. The van der Waals surface area contributed by atoms with Crippen molar-refractivity contribution >= 4 is 10.8 Å². The molecule has 2 unspecified atom stereocenters. The zero-order chi connectivity index (χ0) is 10.4. The maximum Gasteiger partial charge on any atom is 0.0477 e. The quantitative estimate of drug-likeness (QED) is 0.664. The van der Waals surface area contributed by atoms with Gasteiger partial charge in [-0.15, -0.1) is 0 Å². The second-order valence-electron chi connectivity index (χ2n) is 3.63. The van der Waals surface area contributed by atoms with Crippen molar-refractivity contribution in [1.29, 1.82) is 0 Å². The smallest absolute Gasteiger partial charge is 0.0477 e. The van der Waals surface area contributed by atoms with Crippen molar-refractivity contribution in [2.75, 3.05) is 25.6 Å². The second-order valence-corrected chi connectivity index (χ2v) is 5.39. The van der Waals surface area contributed by atoms with E-state index in [4.69, 9.17) is 15.6 Å². The average Bonchev–Trinajstić information content (AvgIpc) is 2.19. The first-order chi connectivity index (χ1) is 6.74. The molecule has 0 aromatic carbocycles. The Bertz CT molecular complexity index is 183. The van der Waals surface area contributed by atoms with Gasteiger partial charge in [0.1, 0.15) is 0 Å². The third kappa shape index (κ3) is 4.04. The molecule has 1 aliphatic rings. The van der Waals surface area contributed by atoms with Gasteiger partial charge in [-0.25, -0.2) is 0 Å². The lowest BCUT2D eigenvalue weighted by Gasteiger charge is -2.22. The highest BCUT2D eigenvalue weighted by Crippen LogP contribution is 2.14. The van der Waals surface area contributed by atoms with Crippen molar-refractivity contribution in [1.82, 2.24) is 0 Å². The van der Waals surface area contributed by atoms with Gasteiger partial charge in [0.05, 0.1) is 0 Å². The minimum atomic E-state index is -0.854. The van der Waals surface area contributed by atoms with E-state index in [1.165, 1.54) is 0 Å². The Morgan fingerprint density at radius 1 is 1.50 bits per heavy atom. The number of ether oxygens (including phenoxy) is 1. The summed E-state index contributed by atoms with van der Waals surface area (Å²) in [5.74, 6) is 0.505. The van der Waals surface area contributed by atoms with E-state index in [1.54, 1.807) is 0 Å². The predicted molar refractivity (Wildman–Crippen MR) is 56.5 cm³/mol. The van der Waals surface area contributed by atoms with E-state index in [9.17, 15) is 4.21 Å². The summed E-state index contributed by atoms with van der Waals surface area (Å²) in [4.78, 5) is 0. The van der Waals surface area contributed by atoms with E-state index in [-0.39, 0.29) is 17.9 Å². The fourth-order valence-electron chi connectivity index (χ4n) is 1.54. The summed E-state index contributed by atoms with van der Waals surface area (Å²) in [5, 5.41) is 8.90. The molecule has 1 rings (SSSR count). The number of hydrogen-bond acceptors (Lipinski definition) is 4. The zero-order valence-electron chi connectivity index (χ0n) is 8.35. The number of aliphatic hydroxyl groups excluding tert-OH is 1. The van der Waals surface area contributed by atoms with Gasteiger partial charge in [0.2, 0.25) is 0 Å². The molecule has 0 spiro atoms. The maximum absolute atomic E-state index is 11.8. The first-order valence-electron chi connectivity index (χ1n) is 5.05. The summed E-state index contributed by atoms with van der Waals surface area (Å²) in [6, 6.07) is -0.135. The molecule has 2 atom stereocenters. The Balaban J connectivity index is 2.25. The average molecular weight is 221 g/mol. The van der Waals surface area contributed by atoms with Crippen molar-refractivity contribution in [3.05, 3.63) is 0 Å². The van der Waals surface area contributed by atoms with Crippen LogP contribution >= 0.6 is 0 Å². The number of hydrogen-bond donors (Lipinski definition) is 2. The van der Waals surface area contributed by atoms with E-state index in [2.05, 4.69) is 0 Å². The summed E-state index contributed by atoms with van der Waals surface area (Å²) in [6.45, 7) is 1.50. The summed E-state index contributed by atoms with van der Waals surface area (Å²) in [7, 11) is -0.854. The Morgan fingerprint density at radius 2 is 2.14 bits per heavy atom. The van der Waals surface area contributed by atoms with E-state index in [0.717, 1.165) is 12.8 Å². The topological polar surface area (TPSA) is 72.5 Å². The first-order valence-corrected chi connectivity index (χ1v) is 6.43. The standard InChI is InChI=1S/C9H19NO3S/c10-8(1-4-11)7-14(12)9-2-5-13-6-3-9/h8-9,11H,1-7,10H2. The third-order valence-electron chi connectivity index (χ3n) is 2.42. The summed E-state index contributed by atoms with van der Waals surface area (Å²) >= 11 is 0. The SMILES string of the molecule is NC(CCO)CS(=O)C1CCOCC1. The van der Waals surface area contributed by atoms with E-state index in [1.807, 2.05) is 0 Å². The summed E-state index contributed by atoms with van der Waals surface area (Å²) in [5.41, 5.74) is 5.71. The minimum absolute atomic E-state index is 0.0755. The number of nitrogens with two attached hydrogens (primary N) is 1. The fourth-order valence-corrected chi connectivity index (χ4v) is 3.11. The molecule has 3 N–H and O–H groups in total. The van der Waals surface area contributed by atoms with Crippen LogP contribution in [0.2, 0.25) is 0 Å². The molecule has 14 heavy (non-hydrogen) atoms. The van der Waals surface area contributed by atoms with Crippen LogP contribution in [0.3, 0.4) is 0 Å². The lowest BCUT2D eigenvalue weighted by molar-refractivity contribution is 0.0992. The molecule has 0 aromatic rings. The van der Waals surface area contributed by atoms with Crippen LogP contribution in [0.1, 0.15) is 19.3 Å². The Labute approximate surface area is 87.3 Å². The molecule has 84 valence electrons. The van der Waals surface area contributed by atoms with Gasteiger partial charge in [-0.3, -0.25) is 4.21 Å². The Morgan fingerprint density at radius 3 is 2.71 bits per heavy atom. The Kier molecular flexibility index (Phi) is 5.62. The van der Waals surface area contributed by atoms with Crippen LogP contribution in [0.4, 0.5) is 0 Å². The minimum Gasteiger partial charge on any atom is -0.396 e. The van der Waals surface area contributed by atoms with Crippen molar-refractivity contribution < 1.29 is 14.1 Å². The van der Waals surface area contributed by atoms with Crippen molar-refractivity contribution in [3.8, 4) is 0 Å². The molecule has 0 aromatic heterocycles. The monoisotopic (exact) mass is 221 g/mol. The van der Waals surface area contributed by atoms with Crippen LogP contribution in [-0.2, 0) is 15.5 Å². The molecule has 0 bridgehead atoms. The van der Waals surface area contributed by atoms with Crippen LogP contribution in [-0.4, -0.2) is 46.2 Å². The maximum atomic E-state index is 11.8. The normalized spacial score (nSPS) is 23.3. The molecular formula is C9H19NO3S. The molecule has 1 fully saturated rings. The molecule has 5 heteroatoms. The van der Waals surface area contributed by atoms with Gasteiger partial charge in [-0.1, -0.05) is 0 Å². The molecule has 0 amide bonds. The highest BCUT2D eigenvalue weighted by molar-refractivity contribution is 7.85. The molecular weight excluding hydrogens is 202 g/mol. The van der Waals surface area contributed by atoms with Gasteiger partial charge in [-0.05, 0) is 19.3 Å². The van der Waals surface area contributed by atoms with E-state index < -0.39 is 10.8 Å². The number of aliphatic hydroxyl groups is 1. The van der Waals surface area contributed by atoms with Crippen molar-refractivity contribution in [3.63, 3.8) is 0 Å². The van der Waals surface area contributed by atoms with Crippen molar-refractivity contribution in [2.24, 2.45) is 5.73 Å². The van der Waals surface area contributed by atoms with Crippen LogP contribution in [0, 0.1) is 0 Å². The first kappa shape index (κ1) is 12.1. The third-order valence-corrected chi connectivity index (χ3v) is 4.39. The largest absolute Gasteiger partial charge is 0.396 e. The van der Waals surface area contributed by atoms with Gasteiger partial charge >= 0.3 is 0 Å². The summed E-state index contributed by atoms with van der Waals surface area (Å²) in [6.07, 6.45) is 2.28. The van der Waals surface area contributed by atoms with Crippen LogP contribution in [0.5, 0.6) is 0 Å². The van der Waals surface area contributed by atoms with E-state index in [0.29, 0.717) is 25.4 Å². The van der Waals surface area contributed by atoms with Crippen LogP contribution in [0.25, 0.3) is 0 Å². The molecule has 1 heterocycles. The van der Waals surface area contributed by atoms with Gasteiger partial charge in [0.15, 0.2) is 0 Å². The molecule has 4 nitrogen and oxygen atoms in total. The van der Waals surface area contributed by atoms with Gasteiger partial charge in [0.25, 0.3) is 0 Å². The lowest BCUT2D eigenvalue weighted by atomic mass is 10.2.